The molecule has 2 aromatic carbocycles. The van der Waals surface area contributed by atoms with Gasteiger partial charge in [0, 0.05) is 11.1 Å². The Bertz CT molecular complexity index is 626. The van der Waals surface area contributed by atoms with Crippen LogP contribution in [0.4, 0.5) is 0 Å². The van der Waals surface area contributed by atoms with Crippen LogP contribution in [0.25, 0.3) is 0 Å². The first-order valence-electron chi connectivity index (χ1n) is 6.95. The van der Waals surface area contributed by atoms with Crippen molar-refractivity contribution in [1.82, 2.24) is 0 Å². The first-order valence-corrected chi connectivity index (χ1v) is 7.32. The summed E-state index contributed by atoms with van der Waals surface area (Å²) in [6, 6.07) is 11.3. The van der Waals surface area contributed by atoms with Crippen LogP contribution in [0.5, 0.6) is 17.2 Å². The summed E-state index contributed by atoms with van der Waals surface area (Å²) in [6.45, 7) is 4.00. The highest BCUT2D eigenvalue weighted by Gasteiger charge is 2.10. The fraction of sp³-hybridized carbons (Fsp3) is 0.294. The Kier molecular flexibility index (Phi) is 5.10. The van der Waals surface area contributed by atoms with Crippen molar-refractivity contribution >= 4 is 11.6 Å². The average Bonchev–Trinajstić information content (AvgIpc) is 2.47. The highest BCUT2D eigenvalue weighted by molar-refractivity contribution is 6.31. The number of hydrogen-bond donors (Lipinski definition) is 1. The van der Waals surface area contributed by atoms with Gasteiger partial charge in [-0.05, 0) is 48.7 Å². The summed E-state index contributed by atoms with van der Waals surface area (Å²) in [4.78, 5) is 0. The van der Waals surface area contributed by atoms with Gasteiger partial charge in [-0.3, -0.25) is 0 Å². The van der Waals surface area contributed by atoms with Crippen molar-refractivity contribution < 1.29 is 9.47 Å². The molecule has 0 bridgehead atoms. The van der Waals surface area contributed by atoms with Gasteiger partial charge in [0.05, 0.1) is 7.11 Å². The van der Waals surface area contributed by atoms with Crippen molar-refractivity contribution in [3.8, 4) is 17.2 Å². The van der Waals surface area contributed by atoms with Gasteiger partial charge < -0.3 is 15.2 Å². The van der Waals surface area contributed by atoms with Crippen LogP contribution in [0.15, 0.2) is 36.4 Å². The van der Waals surface area contributed by atoms with E-state index in [0.29, 0.717) is 22.3 Å². The highest BCUT2D eigenvalue weighted by Crippen LogP contribution is 2.34. The zero-order valence-corrected chi connectivity index (χ0v) is 13.3. The maximum Gasteiger partial charge on any atom is 0.169 e. The number of ether oxygens (including phenoxy) is 2. The Morgan fingerprint density at radius 2 is 1.90 bits per heavy atom. The van der Waals surface area contributed by atoms with E-state index in [4.69, 9.17) is 26.8 Å². The topological polar surface area (TPSA) is 44.5 Å². The van der Waals surface area contributed by atoms with Crippen LogP contribution < -0.4 is 15.2 Å². The molecular weight excluding hydrogens is 286 g/mol. The number of hydrogen-bond acceptors (Lipinski definition) is 3. The summed E-state index contributed by atoms with van der Waals surface area (Å²) in [5, 5.41) is 0.603. The Morgan fingerprint density at radius 3 is 2.48 bits per heavy atom. The van der Waals surface area contributed by atoms with E-state index in [0.717, 1.165) is 12.0 Å². The standard InChI is InChI=1S/C17H20ClNO2/c1-4-12-5-8-16(17(9-12)20-3)21-13-6-7-14(11(2)19)15(18)10-13/h5-11H,4,19H2,1-3H3. The van der Waals surface area contributed by atoms with E-state index in [-0.39, 0.29) is 6.04 Å². The van der Waals surface area contributed by atoms with Crippen molar-refractivity contribution in [3.05, 3.63) is 52.5 Å². The van der Waals surface area contributed by atoms with Crippen molar-refractivity contribution in [1.29, 1.82) is 0 Å². The van der Waals surface area contributed by atoms with Gasteiger partial charge >= 0.3 is 0 Å². The lowest BCUT2D eigenvalue weighted by Gasteiger charge is -2.13. The maximum atomic E-state index is 6.22. The van der Waals surface area contributed by atoms with E-state index in [1.807, 2.05) is 37.3 Å². The SMILES string of the molecule is CCc1ccc(Oc2ccc(C(C)N)c(Cl)c2)c(OC)c1. The number of aryl methyl sites for hydroxylation is 1. The number of benzene rings is 2. The minimum Gasteiger partial charge on any atom is -0.493 e. The van der Waals surface area contributed by atoms with Gasteiger partial charge in [0.15, 0.2) is 11.5 Å². The Hall–Kier alpha value is -1.71. The molecule has 0 saturated carbocycles. The van der Waals surface area contributed by atoms with Gasteiger partial charge in [-0.1, -0.05) is 30.7 Å². The molecule has 1 unspecified atom stereocenters. The monoisotopic (exact) mass is 305 g/mol. The maximum absolute atomic E-state index is 6.22. The minimum atomic E-state index is -0.107. The van der Waals surface area contributed by atoms with Crippen LogP contribution in [0, 0.1) is 0 Å². The third-order valence-electron chi connectivity index (χ3n) is 3.33. The minimum absolute atomic E-state index is 0.107. The number of halogens is 1. The zero-order valence-electron chi connectivity index (χ0n) is 12.5. The molecule has 0 fully saturated rings. The lowest BCUT2D eigenvalue weighted by atomic mass is 10.1. The third kappa shape index (κ3) is 3.69. The lowest BCUT2D eigenvalue weighted by molar-refractivity contribution is 0.378. The van der Waals surface area contributed by atoms with Crippen molar-refractivity contribution in [2.75, 3.05) is 7.11 Å². The molecule has 1 atom stereocenters. The second kappa shape index (κ2) is 6.83. The Balaban J connectivity index is 2.28. The Labute approximate surface area is 130 Å². The molecule has 112 valence electrons. The first-order chi connectivity index (χ1) is 10.0. The molecule has 3 nitrogen and oxygen atoms in total. The second-order valence-electron chi connectivity index (χ2n) is 4.91. The van der Waals surface area contributed by atoms with Crippen LogP contribution in [-0.2, 0) is 6.42 Å². The molecule has 0 amide bonds. The first kappa shape index (κ1) is 15.7. The Morgan fingerprint density at radius 1 is 1.14 bits per heavy atom. The van der Waals surface area contributed by atoms with Crippen LogP contribution in [-0.4, -0.2) is 7.11 Å². The predicted octanol–water partition coefficient (Wildman–Crippen LogP) is 4.72. The van der Waals surface area contributed by atoms with E-state index in [1.54, 1.807) is 13.2 Å². The van der Waals surface area contributed by atoms with E-state index < -0.39 is 0 Å². The molecule has 0 spiro atoms. The predicted molar refractivity (Wildman–Crippen MR) is 86.5 cm³/mol. The van der Waals surface area contributed by atoms with Crippen LogP contribution in [0.3, 0.4) is 0 Å². The normalized spacial score (nSPS) is 12.0. The molecule has 0 aromatic heterocycles. The van der Waals surface area contributed by atoms with Crippen molar-refractivity contribution in [2.45, 2.75) is 26.3 Å². The van der Waals surface area contributed by atoms with Crippen LogP contribution >= 0.6 is 11.6 Å². The lowest BCUT2D eigenvalue weighted by Crippen LogP contribution is -2.05. The summed E-state index contributed by atoms with van der Waals surface area (Å²) < 4.78 is 11.2. The van der Waals surface area contributed by atoms with Gasteiger partial charge in [0.1, 0.15) is 5.75 Å². The molecule has 0 heterocycles. The van der Waals surface area contributed by atoms with Gasteiger partial charge in [0.25, 0.3) is 0 Å². The molecule has 0 aliphatic heterocycles. The zero-order chi connectivity index (χ0) is 15.4. The summed E-state index contributed by atoms with van der Waals surface area (Å²) in [7, 11) is 1.63. The van der Waals surface area contributed by atoms with Crippen LogP contribution in [0.1, 0.15) is 31.0 Å². The van der Waals surface area contributed by atoms with Gasteiger partial charge in [0.2, 0.25) is 0 Å². The van der Waals surface area contributed by atoms with E-state index >= 15 is 0 Å². The summed E-state index contributed by atoms with van der Waals surface area (Å²) >= 11 is 6.22. The molecule has 21 heavy (non-hydrogen) atoms. The van der Waals surface area contributed by atoms with E-state index in [9.17, 15) is 0 Å². The van der Waals surface area contributed by atoms with Crippen molar-refractivity contribution in [2.24, 2.45) is 5.73 Å². The highest BCUT2D eigenvalue weighted by atomic mass is 35.5. The van der Waals surface area contributed by atoms with Crippen molar-refractivity contribution in [3.63, 3.8) is 0 Å². The summed E-state index contributed by atoms with van der Waals surface area (Å²) in [6.07, 6.45) is 0.950. The van der Waals surface area contributed by atoms with Gasteiger partial charge in [-0.25, -0.2) is 0 Å². The quantitative estimate of drug-likeness (QED) is 0.869. The molecule has 0 aliphatic rings. The van der Waals surface area contributed by atoms with Gasteiger partial charge in [-0.15, -0.1) is 0 Å². The molecule has 2 N–H and O–H groups in total. The fourth-order valence-corrected chi connectivity index (χ4v) is 2.43. The molecular formula is C17H20ClNO2. The summed E-state index contributed by atoms with van der Waals surface area (Å²) in [5.74, 6) is 2.04. The number of rotatable bonds is 5. The smallest absolute Gasteiger partial charge is 0.169 e. The number of nitrogens with two attached hydrogens (primary N) is 1. The van der Waals surface area contributed by atoms with Gasteiger partial charge in [-0.2, -0.15) is 0 Å². The third-order valence-corrected chi connectivity index (χ3v) is 3.65. The molecule has 0 saturated heterocycles. The summed E-state index contributed by atoms with van der Waals surface area (Å²) in [5.41, 5.74) is 7.95. The largest absolute Gasteiger partial charge is 0.493 e. The molecule has 4 heteroatoms. The number of methoxy groups -OCH3 is 1. The fourth-order valence-electron chi connectivity index (χ4n) is 2.08. The molecule has 2 aromatic rings. The second-order valence-corrected chi connectivity index (χ2v) is 5.32. The van der Waals surface area contributed by atoms with E-state index in [2.05, 4.69) is 6.92 Å². The molecule has 0 radical (unpaired) electrons. The molecule has 0 aliphatic carbocycles. The van der Waals surface area contributed by atoms with Crippen LogP contribution in [0.2, 0.25) is 5.02 Å². The van der Waals surface area contributed by atoms with E-state index in [1.165, 1.54) is 5.56 Å². The molecule has 2 rings (SSSR count). The average molecular weight is 306 g/mol.